The van der Waals surface area contributed by atoms with E-state index in [0.717, 1.165) is 10.8 Å². The maximum Gasteiger partial charge on any atom is 0.230 e. The van der Waals surface area contributed by atoms with Gasteiger partial charge in [0.25, 0.3) is 0 Å². The lowest BCUT2D eigenvalue weighted by Crippen LogP contribution is -2.34. The van der Waals surface area contributed by atoms with E-state index in [2.05, 4.69) is 16.6 Å². The highest BCUT2D eigenvalue weighted by atomic mass is 16.3. The first-order chi connectivity index (χ1) is 11.1. The highest BCUT2D eigenvalue weighted by Gasteiger charge is 2.12. The van der Waals surface area contributed by atoms with Crippen molar-refractivity contribution in [3.05, 3.63) is 48.0 Å². The largest absolute Gasteiger partial charge is 0.387 e. The predicted octanol–water partition coefficient (Wildman–Crippen LogP) is 1.13. The van der Waals surface area contributed by atoms with Gasteiger partial charge in [-0.25, -0.2) is 0 Å². The third-order valence-corrected chi connectivity index (χ3v) is 3.36. The van der Waals surface area contributed by atoms with E-state index in [9.17, 15) is 14.7 Å². The number of fused-ring (bicyclic) bond motifs is 1. The van der Waals surface area contributed by atoms with E-state index in [1.54, 1.807) is 0 Å². The molecule has 2 aromatic carbocycles. The third-order valence-electron chi connectivity index (χ3n) is 3.36. The van der Waals surface area contributed by atoms with Gasteiger partial charge in [-0.2, -0.15) is 0 Å². The van der Waals surface area contributed by atoms with Crippen LogP contribution in [0.25, 0.3) is 10.8 Å². The lowest BCUT2D eigenvalue weighted by Gasteiger charge is -2.13. The SMILES string of the molecule is C#CCNC(=O)CC(=O)NCC(O)c1ccc2ccccc2c1. The summed E-state index contributed by atoms with van der Waals surface area (Å²) in [5.74, 6) is 1.35. The van der Waals surface area contributed by atoms with Crippen molar-refractivity contribution in [1.82, 2.24) is 10.6 Å². The van der Waals surface area contributed by atoms with E-state index in [1.165, 1.54) is 0 Å². The van der Waals surface area contributed by atoms with E-state index in [-0.39, 0.29) is 19.5 Å². The quantitative estimate of drug-likeness (QED) is 0.553. The number of rotatable bonds is 6. The fourth-order valence-electron chi connectivity index (χ4n) is 2.16. The number of amides is 2. The lowest BCUT2D eigenvalue weighted by molar-refractivity contribution is -0.129. The number of benzene rings is 2. The summed E-state index contributed by atoms with van der Waals surface area (Å²) in [6, 6.07) is 13.4. The molecule has 1 unspecified atom stereocenters. The van der Waals surface area contributed by atoms with Gasteiger partial charge in [0.15, 0.2) is 0 Å². The molecule has 0 aliphatic heterocycles. The van der Waals surface area contributed by atoms with E-state index in [1.807, 2.05) is 42.5 Å². The maximum absolute atomic E-state index is 11.6. The highest BCUT2D eigenvalue weighted by Crippen LogP contribution is 2.20. The van der Waals surface area contributed by atoms with Crippen molar-refractivity contribution in [2.45, 2.75) is 12.5 Å². The number of hydrogen-bond acceptors (Lipinski definition) is 3. The van der Waals surface area contributed by atoms with Gasteiger partial charge in [0.05, 0.1) is 12.6 Å². The van der Waals surface area contributed by atoms with Gasteiger partial charge in [-0.3, -0.25) is 9.59 Å². The molecule has 0 heterocycles. The molecule has 3 N–H and O–H groups in total. The monoisotopic (exact) mass is 310 g/mol. The Labute approximate surface area is 134 Å². The molecule has 0 aliphatic carbocycles. The minimum absolute atomic E-state index is 0.0413. The first kappa shape index (κ1) is 16.5. The minimum atomic E-state index is -0.836. The van der Waals surface area contributed by atoms with Crippen LogP contribution >= 0.6 is 0 Å². The number of aliphatic hydroxyl groups is 1. The smallest absolute Gasteiger partial charge is 0.230 e. The molecule has 0 spiro atoms. The summed E-state index contributed by atoms with van der Waals surface area (Å²) < 4.78 is 0. The average molecular weight is 310 g/mol. The Morgan fingerprint density at radius 3 is 2.52 bits per heavy atom. The summed E-state index contributed by atoms with van der Waals surface area (Å²) >= 11 is 0. The summed E-state index contributed by atoms with van der Waals surface area (Å²) in [4.78, 5) is 23.0. The van der Waals surface area contributed by atoms with Crippen molar-refractivity contribution in [2.75, 3.05) is 13.1 Å². The van der Waals surface area contributed by atoms with Gasteiger partial charge in [-0.05, 0) is 22.4 Å². The van der Waals surface area contributed by atoms with Crippen LogP contribution in [-0.4, -0.2) is 30.0 Å². The zero-order valence-corrected chi connectivity index (χ0v) is 12.6. The molecule has 0 fully saturated rings. The fraction of sp³-hybridized carbons (Fsp3) is 0.222. The average Bonchev–Trinajstić information content (AvgIpc) is 2.57. The van der Waals surface area contributed by atoms with Crippen molar-refractivity contribution in [1.29, 1.82) is 0 Å². The van der Waals surface area contributed by atoms with Crippen molar-refractivity contribution in [3.63, 3.8) is 0 Å². The molecule has 0 saturated carbocycles. The number of hydrogen-bond donors (Lipinski definition) is 3. The van der Waals surface area contributed by atoms with Crippen molar-refractivity contribution < 1.29 is 14.7 Å². The molecule has 0 radical (unpaired) electrons. The van der Waals surface area contributed by atoms with Crippen LogP contribution in [0.1, 0.15) is 18.1 Å². The summed E-state index contributed by atoms with van der Waals surface area (Å²) in [6.07, 6.45) is 3.86. The topological polar surface area (TPSA) is 78.4 Å². The molecule has 23 heavy (non-hydrogen) atoms. The van der Waals surface area contributed by atoms with Crippen LogP contribution in [0.4, 0.5) is 0 Å². The van der Waals surface area contributed by atoms with Gasteiger partial charge in [0, 0.05) is 6.54 Å². The normalized spacial score (nSPS) is 11.5. The molecule has 118 valence electrons. The van der Waals surface area contributed by atoms with E-state index in [4.69, 9.17) is 6.42 Å². The number of aliphatic hydroxyl groups excluding tert-OH is 1. The number of carbonyl (C=O) groups is 2. The summed E-state index contributed by atoms with van der Waals surface area (Å²) in [5.41, 5.74) is 0.709. The van der Waals surface area contributed by atoms with Gasteiger partial charge in [0.1, 0.15) is 6.42 Å². The molecule has 5 heteroatoms. The van der Waals surface area contributed by atoms with Gasteiger partial charge >= 0.3 is 0 Å². The minimum Gasteiger partial charge on any atom is -0.387 e. The van der Waals surface area contributed by atoms with E-state index >= 15 is 0 Å². The molecule has 0 aromatic heterocycles. The zero-order chi connectivity index (χ0) is 16.7. The summed E-state index contributed by atoms with van der Waals surface area (Å²) in [5, 5.41) is 17.2. The Hall–Kier alpha value is -2.84. The van der Waals surface area contributed by atoms with Gasteiger partial charge in [-0.15, -0.1) is 6.42 Å². The van der Waals surface area contributed by atoms with Crippen molar-refractivity contribution >= 4 is 22.6 Å². The number of terminal acetylenes is 1. The van der Waals surface area contributed by atoms with E-state index in [0.29, 0.717) is 5.56 Å². The Morgan fingerprint density at radius 2 is 1.78 bits per heavy atom. The lowest BCUT2D eigenvalue weighted by atomic mass is 10.0. The van der Waals surface area contributed by atoms with Crippen LogP contribution in [0, 0.1) is 12.3 Å². The zero-order valence-electron chi connectivity index (χ0n) is 12.6. The summed E-state index contributed by atoms with van der Waals surface area (Å²) in [7, 11) is 0. The Balaban J connectivity index is 1.88. The maximum atomic E-state index is 11.6. The molecule has 2 aromatic rings. The van der Waals surface area contributed by atoms with Crippen LogP contribution in [0.15, 0.2) is 42.5 Å². The standard InChI is InChI=1S/C18H18N2O3/c1-2-9-19-17(22)11-18(23)20-12-16(21)15-8-7-13-5-3-4-6-14(13)10-15/h1,3-8,10,16,21H,9,11-12H2,(H,19,22)(H,20,23). The van der Waals surface area contributed by atoms with Crippen molar-refractivity contribution in [2.24, 2.45) is 0 Å². The summed E-state index contributed by atoms with van der Waals surface area (Å²) in [6.45, 7) is 0.130. The first-order valence-corrected chi connectivity index (χ1v) is 7.24. The van der Waals surface area contributed by atoms with Gasteiger partial charge < -0.3 is 15.7 Å². The van der Waals surface area contributed by atoms with Crippen LogP contribution in [-0.2, 0) is 9.59 Å². The van der Waals surface area contributed by atoms with E-state index < -0.39 is 17.9 Å². The highest BCUT2D eigenvalue weighted by molar-refractivity contribution is 5.96. The van der Waals surface area contributed by atoms with Gasteiger partial charge in [-0.1, -0.05) is 42.3 Å². The molecular weight excluding hydrogens is 292 g/mol. The molecular formula is C18H18N2O3. The molecule has 5 nitrogen and oxygen atoms in total. The molecule has 0 aliphatic rings. The number of nitrogens with one attached hydrogen (secondary N) is 2. The second-order valence-corrected chi connectivity index (χ2v) is 5.08. The first-order valence-electron chi connectivity index (χ1n) is 7.24. The van der Waals surface area contributed by atoms with Crippen LogP contribution < -0.4 is 10.6 Å². The third kappa shape index (κ3) is 4.83. The second kappa shape index (κ2) is 7.97. The molecule has 2 rings (SSSR count). The Kier molecular flexibility index (Phi) is 5.73. The molecule has 0 bridgehead atoms. The molecule has 0 saturated heterocycles. The molecule has 1 atom stereocenters. The Morgan fingerprint density at radius 1 is 1.09 bits per heavy atom. The van der Waals surface area contributed by atoms with Crippen LogP contribution in [0.2, 0.25) is 0 Å². The second-order valence-electron chi connectivity index (χ2n) is 5.08. The number of carbonyl (C=O) groups excluding carboxylic acids is 2. The van der Waals surface area contributed by atoms with Crippen LogP contribution in [0.3, 0.4) is 0 Å². The van der Waals surface area contributed by atoms with Crippen LogP contribution in [0.5, 0.6) is 0 Å². The Bertz CT molecular complexity index is 749. The molecule has 2 amide bonds. The van der Waals surface area contributed by atoms with Gasteiger partial charge in [0.2, 0.25) is 11.8 Å². The predicted molar refractivity (Wildman–Crippen MR) is 88.4 cm³/mol. The fourth-order valence-corrected chi connectivity index (χ4v) is 2.16. The van der Waals surface area contributed by atoms with Crippen molar-refractivity contribution in [3.8, 4) is 12.3 Å².